The average molecular weight is 319 g/mol. The molecule has 0 spiro atoms. The molecule has 1 aliphatic carbocycles. The van der Waals surface area contributed by atoms with E-state index in [1.165, 1.54) is 40.9 Å². The Labute approximate surface area is 131 Å². The Balaban J connectivity index is 1.67. The minimum atomic E-state index is 0.582. The summed E-state index contributed by atoms with van der Waals surface area (Å²) >= 11 is 7.37. The van der Waals surface area contributed by atoms with Crippen LogP contribution in [0.4, 0.5) is 5.69 Å². The van der Waals surface area contributed by atoms with Gasteiger partial charge in [-0.25, -0.2) is 4.98 Å². The molecule has 0 saturated carbocycles. The molecule has 5 heteroatoms. The molecular weight excluding hydrogens is 304 g/mol. The SMILES string of the molecule is Clc1ncc(CNc2cccc3c4c(oc23)CCCC4)s1. The minimum absolute atomic E-state index is 0.582. The predicted octanol–water partition coefficient (Wildman–Crippen LogP) is 5.03. The van der Waals surface area contributed by atoms with Crippen molar-refractivity contribution in [3.05, 3.63) is 45.1 Å². The highest BCUT2D eigenvalue weighted by molar-refractivity contribution is 7.15. The molecule has 0 saturated heterocycles. The zero-order valence-corrected chi connectivity index (χ0v) is 13.1. The first-order chi connectivity index (χ1) is 10.3. The molecule has 21 heavy (non-hydrogen) atoms. The highest BCUT2D eigenvalue weighted by Gasteiger charge is 2.19. The van der Waals surface area contributed by atoms with E-state index < -0.39 is 0 Å². The van der Waals surface area contributed by atoms with Crippen molar-refractivity contribution in [3.63, 3.8) is 0 Å². The smallest absolute Gasteiger partial charge is 0.183 e. The highest BCUT2D eigenvalue weighted by atomic mass is 35.5. The Morgan fingerprint density at radius 1 is 1.29 bits per heavy atom. The second kappa shape index (κ2) is 5.35. The summed E-state index contributed by atoms with van der Waals surface area (Å²) in [4.78, 5) is 5.18. The minimum Gasteiger partial charge on any atom is -0.459 e. The Morgan fingerprint density at radius 2 is 2.19 bits per heavy atom. The number of nitrogens with one attached hydrogen (secondary N) is 1. The monoisotopic (exact) mass is 318 g/mol. The third-order valence-corrected chi connectivity index (χ3v) is 5.08. The lowest BCUT2D eigenvalue weighted by Crippen LogP contribution is -1.98. The molecule has 0 unspecified atom stereocenters. The maximum absolute atomic E-state index is 6.11. The van der Waals surface area contributed by atoms with Crippen LogP contribution in [-0.4, -0.2) is 4.98 Å². The molecule has 1 aromatic carbocycles. The van der Waals surface area contributed by atoms with E-state index in [1.54, 1.807) is 0 Å². The second-order valence-corrected chi connectivity index (χ2v) is 7.02. The van der Waals surface area contributed by atoms with Crippen LogP contribution in [0.15, 0.2) is 28.8 Å². The van der Waals surface area contributed by atoms with Crippen LogP contribution in [0.1, 0.15) is 29.0 Å². The highest BCUT2D eigenvalue weighted by Crippen LogP contribution is 2.35. The fraction of sp³-hybridized carbons (Fsp3) is 0.312. The summed E-state index contributed by atoms with van der Waals surface area (Å²) in [7, 11) is 0. The third kappa shape index (κ3) is 2.43. The van der Waals surface area contributed by atoms with Gasteiger partial charge in [-0.1, -0.05) is 23.7 Å². The number of rotatable bonds is 3. The number of halogens is 1. The summed E-state index contributed by atoms with van der Waals surface area (Å²) in [5, 5.41) is 4.71. The molecule has 2 heterocycles. The first-order valence-electron chi connectivity index (χ1n) is 7.18. The van der Waals surface area contributed by atoms with E-state index in [0.29, 0.717) is 4.47 Å². The summed E-state index contributed by atoms with van der Waals surface area (Å²) in [5.74, 6) is 1.17. The van der Waals surface area contributed by atoms with Crippen LogP contribution in [0.2, 0.25) is 4.47 Å². The molecule has 0 bridgehead atoms. The zero-order chi connectivity index (χ0) is 14.2. The molecule has 0 radical (unpaired) electrons. The lowest BCUT2D eigenvalue weighted by Gasteiger charge is -2.08. The van der Waals surface area contributed by atoms with Crippen LogP contribution < -0.4 is 5.32 Å². The summed E-state index contributed by atoms with van der Waals surface area (Å²) in [5.41, 5.74) is 3.44. The van der Waals surface area contributed by atoms with Crippen molar-refractivity contribution in [2.45, 2.75) is 32.2 Å². The fourth-order valence-corrected chi connectivity index (χ4v) is 3.89. The van der Waals surface area contributed by atoms with Gasteiger partial charge >= 0.3 is 0 Å². The van der Waals surface area contributed by atoms with Gasteiger partial charge in [0.05, 0.1) is 12.2 Å². The van der Waals surface area contributed by atoms with E-state index in [0.717, 1.165) is 35.5 Å². The molecule has 0 fully saturated rings. The third-order valence-electron chi connectivity index (χ3n) is 3.96. The number of thiazole rings is 1. The summed E-state index contributed by atoms with van der Waals surface area (Å²) in [6.07, 6.45) is 6.51. The standard InChI is InChI=1S/C16H15ClN2OS/c17-16-19-9-10(21-16)8-18-13-6-3-5-12-11-4-1-2-7-14(11)20-15(12)13/h3,5-6,9,18H,1-2,4,7-8H2. The normalized spacial score (nSPS) is 14.3. The van der Waals surface area contributed by atoms with Crippen LogP contribution in [-0.2, 0) is 19.4 Å². The summed E-state index contributed by atoms with van der Waals surface area (Å²) in [6, 6.07) is 6.33. The molecule has 3 nitrogen and oxygen atoms in total. The summed E-state index contributed by atoms with van der Waals surface area (Å²) < 4.78 is 6.70. The quantitative estimate of drug-likeness (QED) is 0.735. The van der Waals surface area contributed by atoms with Crippen molar-refractivity contribution in [2.75, 3.05) is 5.32 Å². The van der Waals surface area contributed by atoms with Crippen LogP contribution in [0.25, 0.3) is 11.0 Å². The lowest BCUT2D eigenvalue weighted by atomic mass is 9.96. The Hall–Kier alpha value is -1.52. The van der Waals surface area contributed by atoms with E-state index in [2.05, 4.69) is 28.5 Å². The maximum atomic E-state index is 6.11. The van der Waals surface area contributed by atoms with Gasteiger partial charge in [0.25, 0.3) is 0 Å². The lowest BCUT2D eigenvalue weighted by molar-refractivity contribution is 0.506. The van der Waals surface area contributed by atoms with Gasteiger partial charge in [-0.15, -0.1) is 11.3 Å². The van der Waals surface area contributed by atoms with Gasteiger partial charge in [-0.05, 0) is 25.3 Å². The van der Waals surface area contributed by atoms with Gasteiger partial charge < -0.3 is 9.73 Å². The number of benzene rings is 1. The number of furan rings is 1. The largest absolute Gasteiger partial charge is 0.459 e. The van der Waals surface area contributed by atoms with E-state index >= 15 is 0 Å². The van der Waals surface area contributed by atoms with Crippen LogP contribution >= 0.6 is 22.9 Å². The number of nitrogens with zero attached hydrogens (tertiary/aromatic N) is 1. The Kier molecular flexibility index (Phi) is 3.36. The van der Waals surface area contributed by atoms with Crippen LogP contribution in [0.5, 0.6) is 0 Å². The van der Waals surface area contributed by atoms with Crippen molar-refractivity contribution in [3.8, 4) is 0 Å². The Morgan fingerprint density at radius 3 is 3.05 bits per heavy atom. The maximum Gasteiger partial charge on any atom is 0.183 e. The van der Waals surface area contributed by atoms with Gasteiger partial charge in [0.1, 0.15) is 5.76 Å². The van der Waals surface area contributed by atoms with Gasteiger partial charge in [-0.3, -0.25) is 0 Å². The molecule has 0 atom stereocenters. The summed E-state index contributed by atoms with van der Waals surface area (Å²) in [6.45, 7) is 0.717. The van der Waals surface area contributed by atoms with Crippen LogP contribution in [0, 0.1) is 0 Å². The number of hydrogen-bond acceptors (Lipinski definition) is 4. The van der Waals surface area contributed by atoms with Gasteiger partial charge in [-0.2, -0.15) is 0 Å². The second-order valence-electron chi connectivity index (χ2n) is 5.33. The van der Waals surface area contributed by atoms with Crippen molar-refractivity contribution >= 4 is 39.6 Å². The first-order valence-corrected chi connectivity index (χ1v) is 8.38. The number of aryl methyl sites for hydroxylation is 2. The first kappa shape index (κ1) is 13.2. The van der Waals surface area contributed by atoms with E-state index in [-0.39, 0.29) is 0 Å². The molecule has 4 rings (SSSR count). The molecule has 3 aromatic rings. The van der Waals surface area contributed by atoms with E-state index in [9.17, 15) is 0 Å². The van der Waals surface area contributed by atoms with Gasteiger partial charge in [0, 0.05) is 28.4 Å². The molecule has 1 aliphatic rings. The molecule has 108 valence electrons. The van der Waals surface area contributed by atoms with Crippen molar-refractivity contribution < 1.29 is 4.42 Å². The van der Waals surface area contributed by atoms with Crippen molar-refractivity contribution in [1.29, 1.82) is 0 Å². The number of fused-ring (bicyclic) bond motifs is 3. The topological polar surface area (TPSA) is 38.1 Å². The van der Waals surface area contributed by atoms with E-state index in [1.807, 2.05) is 6.20 Å². The molecule has 2 aromatic heterocycles. The number of anilines is 1. The zero-order valence-electron chi connectivity index (χ0n) is 11.5. The molecule has 0 amide bonds. The fourth-order valence-electron chi connectivity index (χ4n) is 2.97. The van der Waals surface area contributed by atoms with Crippen LogP contribution in [0.3, 0.4) is 0 Å². The predicted molar refractivity (Wildman–Crippen MR) is 87.3 cm³/mol. The van der Waals surface area contributed by atoms with Crippen molar-refractivity contribution in [1.82, 2.24) is 4.98 Å². The Bertz CT molecular complexity index is 793. The number of aromatic nitrogens is 1. The number of para-hydroxylation sites is 1. The molecular formula is C16H15ClN2OS. The van der Waals surface area contributed by atoms with Gasteiger partial charge in [0.2, 0.25) is 0 Å². The van der Waals surface area contributed by atoms with Crippen molar-refractivity contribution in [2.24, 2.45) is 0 Å². The molecule has 1 N–H and O–H groups in total. The van der Waals surface area contributed by atoms with Gasteiger partial charge in [0.15, 0.2) is 10.0 Å². The average Bonchev–Trinajstić information content (AvgIpc) is 3.09. The number of hydrogen-bond donors (Lipinski definition) is 1. The molecule has 0 aliphatic heterocycles. The van der Waals surface area contributed by atoms with E-state index in [4.69, 9.17) is 16.0 Å².